The molecule has 2 aliphatic heterocycles. The third-order valence-electron chi connectivity index (χ3n) is 2.63. The molecule has 2 amide bonds. The molecule has 2 rings (SSSR count). The molecule has 0 radical (unpaired) electrons. The highest BCUT2D eigenvalue weighted by Crippen LogP contribution is 2.26. The van der Waals surface area contributed by atoms with Gasteiger partial charge in [0.15, 0.2) is 0 Å². The maximum Gasteiger partial charge on any atom is 0.254 e. The van der Waals surface area contributed by atoms with Crippen LogP contribution in [-0.4, -0.2) is 24.5 Å². The SMILES string of the molecule is CC1C/C(=C2\CC(=O)NC2=O)CCO1. The molecule has 0 aromatic carbocycles. The number of imide groups is 1. The van der Waals surface area contributed by atoms with Crippen LogP contribution < -0.4 is 5.32 Å². The van der Waals surface area contributed by atoms with Gasteiger partial charge in [-0.3, -0.25) is 14.9 Å². The third kappa shape index (κ3) is 1.70. The maximum absolute atomic E-state index is 11.4. The minimum atomic E-state index is -0.209. The monoisotopic (exact) mass is 195 g/mol. The van der Waals surface area contributed by atoms with Gasteiger partial charge in [0.25, 0.3) is 5.91 Å². The average Bonchev–Trinajstić information content (AvgIpc) is 2.45. The lowest BCUT2D eigenvalue weighted by atomic mass is 9.96. The van der Waals surface area contributed by atoms with E-state index in [1.807, 2.05) is 6.92 Å². The van der Waals surface area contributed by atoms with Gasteiger partial charge in [0.1, 0.15) is 0 Å². The highest BCUT2D eigenvalue weighted by atomic mass is 16.5. The van der Waals surface area contributed by atoms with E-state index in [0.717, 1.165) is 18.4 Å². The Bertz CT molecular complexity index is 319. The van der Waals surface area contributed by atoms with Gasteiger partial charge < -0.3 is 4.74 Å². The van der Waals surface area contributed by atoms with E-state index in [1.165, 1.54) is 0 Å². The van der Waals surface area contributed by atoms with Gasteiger partial charge in [0.2, 0.25) is 5.91 Å². The number of amides is 2. The summed E-state index contributed by atoms with van der Waals surface area (Å²) in [4.78, 5) is 22.4. The molecule has 2 fully saturated rings. The molecular formula is C10H13NO3. The second-order valence-corrected chi connectivity index (χ2v) is 3.77. The fourth-order valence-corrected chi connectivity index (χ4v) is 1.94. The van der Waals surface area contributed by atoms with Crippen LogP contribution in [0.4, 0.5) is 0 Å². The third-order valence-corrected chi connectivity index (χ3v) is 2.63. The van der Waals surface area contributed by atoms with E-state index in [2.05, 4.69) is 5.32 Å². The van der Waals surface area contributed by atoms with Gasteiger partial charge in [-0.05, 0) is 19.8 Å². The maximum atomic E-state index is 11.4. The summed E-state index contributed by atoms with van der Waals surface area (Å²) in [5, 5.41) is 2.30. The lowest BCUT2D eigenvalue weighted by Crippen LogP contribution is -2.22. The molecule has 2 aliphatic rings. The predicted octanol–water partition coefficient (Wildman–Crippen LogP) is 0.528. The molecule has 4 nitrogen and oxygen atoms in total. The molecule has 1 N–H and O–H groups in total. The Morgan fingerprint density at radius 1 is 1.43 bits per heavy atom. The Hall–Kier alpha value is -1.16. The largest absolute Gasteiger partial charge is 0.378 e. The van der Waals surface area contributed by atoms with E-state index in [1.54, 1.807) is 0 Å². The summed E-state index contributed by atoms with van der Waals surface area (Å²) in [6.45, 7) is 2.63. The van der Waals surface area contributed by atoms with Gasteiger partial charge in [0.05, 0.1) is 19.1 Å². The molecule has 76 valence electrons. The molecule has 2 heterocycles. The molecule has 4 heteroatoms. The molecule has 0 bridgehead atoms. The number of hydrogen-bond acceptors (Lipinski definition) is 3. The smallest absolute Gasteiger partial charge is 0.254 e. The Morgan fingerprint density at radius 2 is 2.21 bits per heavy atom. The molecule has 0 saturated carbocycles. The molecular weight excluding hydrogens is 182 g/mol. The van der Waals surface area contributed by atoms with Crippen LogP contribution in [0.2, 0.25) is 0 Å². The lowest BCUT2D eigenvalue weighted by molar-refractivity contribution is -0.124. The molecule has 1 unspecified atom stereocenters. The van der Waals surface area contributed by atoms with Gasteiger partial charge in [-0.25, -0.2) is 0 Å². The summed E-state index contributed by atoms with van der Waals surface area (Å²) in [6, 6.07) is 0. The minimum Gasteiger partial charge on any atom is -0.378 e. The molecule has 1 atom stereocenters. The van der Waals surface area contributed by atoms with E-state index >= 15 is 0 Å². The highest BCUT2D eigenvalue weighted by molar-refractivity contribution is 6.13. The van der Waals surface area contributed by atoms with Gasteiger partial charge in [-0.15, -0.1) is 0 Å². The summed E-state index contributed by atoms with van der Waals surface area (Å²) in [7, 11) is 0. The first-order valence-electron chi connectivity index (χ1n) is 4.83. The first-order chi connectivity index (χ1) is 6.66. The van der Waals surface area contributed by atoms with Crippen molar-refractivity contribution >= 4 is 11.8 Å². The van der Waals surface area contributed by atoms with Crippen LogP contribution in [0.1, 0.15) is 26.2 Å². The zero-order valence-corrected chi connectivity index (χ0v) is 8.13. The first-order valence-corrected chi connectivity index (χ1v) is 4.83. The van der Waals surface area contributed by atoms with Crippen molar-refractivity contribution < 1.29 is 14.3 Å². The summed E-state index contributed by atoms with van der Waals surface area (Å²) in [5.74, 6) is -0.393. The Kier molecular flexibility index (Phi) is 2.37. The number of carbonyl (C=O) groups is 2. The van der Waals surface area contributed by atoms with Crippen molar-refractivity contribution in [3.8, 4) is 0 Å². The highest BCUT2D eigenvalue weighted by Gasteiger charge is 2.28. The fourth-order valence-electron chi connectivity index (χ4n) is 1.94. The van der Waals surface area contributed by atoms with E-state index in [-0.39, 0.29) is 24.3 Å². The van der Waals surface area contributed by atoms with Crippen LogP contribution in [0.25, 0.3) is 0 Å². The van der Waals surface area contributed by atoms with Crippen molar-refractivity contribution in [1.29, 1.82) is 0 Å². The standard InChI is InChI=1S/C10H13NO3/c1-6-4-7(2-3-14-6)8-5-9(12)11-10(8)13/h6H,2-5H2,1H3,(H,11,12,13)/b8-7+. The van der Waals surface area contributed by atoms with E-state index in [4.69, 9.17) is 4.74 Å². The van der Waals surface area contributed by atoms with Crippen molar-refractivity contribution in [2.45, 2.75) is 32.3 Å². The minimum absolute atomic E-state index is 0.162. The number of rotatable bonds is 0. The van der Waals surface area contributed by atoms with E-state index < -0.39 is 0 Å². The lowest BCUT2D eigenvalue weighted by Gasteiger charge is -2.22. The Labute approximate surface area is 82.3 Å². The van der Waals surface area contributed by atoms with Crippen molar-refractivity contribution in [2.75, 3.05) is 6.61 Å². The molecule has 0 aromatic rings. The Morgan fingerprint density at radius 3 is 2.79 bits per heavy atom. The van der Waals surface area contributed by atoms with Crippen LogP contribution in [0.3, 0.4) is 0 Å². The molecule has 2 saturated heterocycles. The zero-order valence-electron chi connectivity index (χ0n) is 8.13. The molecule has 14 heavy (non-hydrogen) atoms. The summed E-state index contributed by atoms with van der Waals surface area (Å²) in [6.07, 6.45) is 1.96. The number of ether oxygens (including phenoxy) is 1. The van der Waals surface area contributed by atoms with Gasteiger partial charge in [-0.1, -0.05) is 5.57 Å². The van der Waals surface area contributed by atoms with Gasteiger partial charge in [0, 0.05) is 5.57 Å². The number of carbonyl (C=O) groups excluding carboxylic acids is 2. The van der Waals surface area contributed by atoms with Crippen molar-refractivity contribution in [1.82, 2.24) is 5.32 Å². The van der Waals surface area contributed by atoms with E-state index in [0.29, 0.717) is 12.2 Å². The topological polar surface area (TPSA) is 55.4 Å². The Balaban J connectivity index is 2.21. The number of nitrogens with one attached hydrogen (secondary N) is 1. The summed E-state index contributed by atoms with van der Waals surface area (Å²) < 4.78 is 5.38. The van der Waals surface area contributed by atoms with Crippen LogP contribution in [-0.2, 0) is 14.3 Å². The quantitative estimate of drug-likeness (QED) is 0.453. The van der Waals surface area contributed by atoms with Crippen LogP contribution in [0.15, 0.2) is 11.1 Å². The first kappa shape index (κ1) is 9.40. The van der Waals surface area contributed by atoms with E-state index in [9.17, 15) is 9.59 Å². The van der Waals surface area contributed by atoms with Crippen LogP contribution in [0.5, 0.6) is 0 Å². The van der Waals surface area contributed by atoms with Crippen LogP contribution in [0, 0.1) is 0 Å². The van der Waals surface area contributed by atoms with Gasteiger partial charge >= 0.3 is 0 Å². The van der Waals surface area contributed by atoms with Crippen LogP contribution >= 0.6 is 0 Å². The predicted molar refractivity (Wildman–Crippen MR) is 49.4 cm³/mol. The van der Waals surface area contributed by atoms with Crippen molar-refractivity contribution in [2.24, 2.45) is 0 Å². The summed E-state index contributed by atoms with van der Waals surface area (Å²) in [5.41, 5.74) is 1.76. The summed E-state index contributed by atoms with van der Waals surface area (Å²) >= 11 is 0. The zero-order chi connectivity index (χ0) is 10.1. The second kappa shape index (κ2) is 3.53. The number of hydrogen-bond donors (Lipinski definition) is 1. The fraction of sp³-hybridized carbons (Fsp3) is 0.600. The van der Waals surface area contributed by atoms with Crippen molar-refractivity contribution in [3.63, 3.8) is 0 Å². The molecule has 0 aliphatic carbocycles. The average molecular weight is 195 g/mol. The molecule has 0 spiro atoms. The molecule has 0 aromatic heterocycles. The van der Waals surface area contributed by atoms with Gasteiger partial charge in [-0.2, -0.15) is 0 Å². The van der Waals surface area contributed by atoms with Crippen molar-refractivity contribution in [3.05, 3.63) is 11.1 Å². The normalized spacial score (nSPS) is 33.4. The second-order valence-electron chi connectivity index (χ2n) is 3.77.